The molecule has 2 aliphatic carbocycles. The molecule has 21 heavy (non-hydrogen) atoms. The molecule has 0 saturated heterocycles. The number of nitrogens with zero attached hydrogens (tertiary/aromatic N) is 2. The van der Waals surface area contributed by atoms with Gasteiger partial charge in [0.05, 0.1) is 11.9 Å². The van der Waals surface area contributed by atoms with E-state index in [0.717, 1.165) is 30.6 Å². The van der Waals surface area contributed by atoms with Gasteiger partial charge in [0, 0.05) is 13.1 Å². The largest absolute Gasteiger partial charge is 0.382 e. The summed E-state index contributed by atoms with van der Waals surface area (Å²) in [6.45, 7) is 4.04. The minimum atomic E-state index is -0.0100. The summed E-state index contributed by atoms with van der Waals surface area (Å²) in [7, 11) is 0. The van der Waals surface area contributed by atoms with Gasteiger partial charge in [0.1, 0.15) is 4.47 Å². The molecule has 116 valence electrons. The third-order valence-corrected chi connectivity index (χ3v) is 5.60. The van der Waals surface area contributed by atoms with Gasteiger partial charge in [0.15, 0.2) is 0 Å². The van der Waals surface area contributed by atoms with Gasteiger partial charge in [-0.15, -0.1) is 0 Å². The van der Waals surface area contributed by atoms with Crippen LogP contribution in [0.4, 0.5) is 5.69 Å². The SMILES string of the molecule is CC1CCC(CNc2cnn(CC3CC3)c(=O)c2Br)CC1. The van der Waals surface area contributed by atoms with Crippen molar-refractivity contribution >= 4 is 21.6 Å². The minimum absolute atomic E-state index is 0.0100. The maximum Gasteiger partial charge on any atom is 0.283 e. The first kappa shape index (κ1) is 15.1. The number of aromatic nitrogens is 2. The molecule has 4 nitrogen and oxygen atoms in total. The van der Waals surface area contributed by atoms with Crippen LogP contribution in [0.2, 0.25) is 0 Å². The van der Waals surface area contributed by atoms with Crippen molar-refractivity contribution in [2.75, 3.05) is 11.9 Å². The van der Waals surface area contributed by atoms with Crippen LogP contribution in [0.25, 0.3) is 0 Å². The van der Waals surface area contributed by atoms with Crippen molar-refractivity contribution in [1.29, 1.82) is 0 Å². The monoisotopic (exact) mass is 353 g/mol. The molecule has 0 amide bonds. The van der Waals surface area contributed by atoms with Crippen molar-refractivity contribution in [3.05, 3.63) is 21.0 Å². The van der Waals surface area contributed by atoms with Gasteiger partial charge in [-0.1, -0.05) is 19.8 Å². The summed E-state index contributed by atoms with van der Waals surface area (Å²) in [4.78, 5) is 12.3. The van der Waals surface area contributed by atoms with Gasteiger partial charge in [-0.3, -0.25) is 4.79 Å². The van der Waals surface area contributed by atoms with Gasteiger partial charge in [0.25, 0.3) is 5.56 Å². The van der Waals surface area contributed by atoms with Crippen LogP contribution in [-0.4, -0.2) is 16.3 Å². The van der Waals surface area contributed by atoms with E-state index in [1.165, 1.54) is 38.5 Å². The van der Waals surface area contributed by atoms with E-state index in [4.69, 9.17) is 0 Å². The molecule has 0 unspecified atom stereocenters. The molecule has 0 radical (unpaired) electrons. The highest BCUT2D eigenvalue weighted by atomic mass is 79.9. The Morgan fingerprint density at radius 3 is 2.57 bits per heavy atom. The molecule has 0 bridgehead atoms. The summed E-state index contributed by atoms with van der Waals surface area (Å²) in [5, 5.41) is 7.72. The van der Waals surface area contributed by atoms with E-state index in [2.05, 4.69) is 33.3 Å². The van der Waals surface area contributed by atoms with Gasteiger partial charge < -0.3 is 5.32 Å². The van der Waals surface area contributed by atoms with Crippen LogP contribution in [0, 0.1) is 17.8 Å². The molecule has 2 aliphatic rings. The molecule has 0 atom stereocenters. The summed E-state index contributed by atoms with van der Waals surface area (Å²) in [6, 6.07) is 0. The van der Waals surface area contributed by atoms with Crippen LogP contribution in [0.3, 0.4) is 0 Å². The Labute approximate surface area is 134 Å². The lowest BCUT2D eigenvalue weighted by molar-refractivity contribution is 0.300. The number of rotatable bonds is 5. The van der Waals surface area contributed by atoms with E-state index in [0.29, 0.717) is 10.4 Å². The Kier molecular flexibility index (Phi) is 4.67. The van der Waals surface area contributed by atoms with Crippen LogP contribution in [0.5, 0.6) is 0 Å². The normalized spacial score (nSPS) is 25.8. The summed E-state index contributed by atoms with van der Waals surface area (Å²) < 4.78 is 2.22. The highest BCUT2D eigenvalue weighted by molar-refractivity contribution is 9.10. The van der Waals surface area contributed by atoms with E-state index >= 15 is 0 Å². The van der Waals surface area contributed by atoms with Crippen LogP contribution in [0.1, 0.15) is 45.4 Å². The molecule has 2 saturated carbocycles. The zero-order valence-electron chi connectivity index (χ0n) is 12.6. The van der Waals surface area contributed by atoms with Gasteiger partial charge >= 0.3 is 0 Å². The van der Waals surface area contributed by atoms with E-state index in [1.807, 2.05) is 0 Å². The Bertz CT molecular complexity index is 545. The lowest BCUT2D eigenvalue weighted by Crippen LogP contribution is -2.26. The Hall–Kier alpha value is -0.840. The van der Waals surface area contributed by atoms with Crippen LogP contribution in [-0.2, 0) is 6.54 Å². The highest BCUT2D eigenvalue weighted by Crippen LogP contribution is 2.31. The molecule has 0 spiro atoms. The first-order chi connectivity index (χ1) is 10.1. The van der Waals surface area contributed by atoms with Gasteiger partial charge in [0.2, 0.25) is 0 Å². The fourth-order valence-corrected chi connectivity index (χ4v) is 3.50. The summed E-state index contributed by atoms with van der Waals surface area (Å²) >= 11 is 3.44. The topological polar surface area (TPSA) is 46.9 Å². The lowest BCUT2D eigenvalue weighted by atomic mass is 9.83. The van der Waals surface area contributed by atoms with Crippen LogP contribution in [0.15, 0.2) is 15.5 Å². The second-order valence-electron chi connectivity index (χ2n) is 6.81. The average molecular weight is 354 g/mol. The van der Waals surface area contributed by atoms with E-state index in [1.54, 1.807) is 10.9 Å². The van der Waals surface area contributed by atoms with Crippen LogP contribution >= 0.6 is 15.9 Å². The summed E-state index contributed by atoms with van der Waals surface area (Å²) in [6.07, 6.45) is 9.48. The van der Waals surface area contributed by atoms with E-state index < -0.39 is 0 Å². The molecule has 0 aromatic carbocycles. The minimum Gasteiger partial charge on any atom is -0.382 e. The van der Waals surface area contributed by atoms with Crippen molar-refractivity contribution in [3.63, 3.8) is 0 Å². The standard InChI is InChI=1S/C16H24BrN3O/c1-11-2-4-12(5-3-11)8-18-14-9-19-20(10-13-6-7-13)16(21)15(14)17/h9,11-13,18H,2-8,10H2,1H3. The van der Waals surface area contributed by atoms with Crippen molar-refractivity contribution in [2.45, 2.75) is 52.0 Å². The summed E-state index contributed by atoms with van der Waals surface area (Å²) in [5.41, 5.74) is 0.829. The van der Waals surface area contributed by atoms with Crippen molar-refractivity contribution in [1.82, 2.24) is 9.78 Å². The van der Waals surface area contributed by atoms with E-state index in [9.17, 15) is 4.79 Å². The zero-order valence-corrected chi connectivity index (χ0v) is 14.2. The molecular weight excluding hydrogens is 330 g/mol. The second kappa shape index (κ2) is 6.51. The van der Waals surface area contributed by atoms with Crippen LogP contribution < -0.4 is 10.9 Å². The predicted octanol–water partition coefficient (Wildman–Crippen LogP) is 3.65. The number of anilines is 1. The molecule has 2 fully saturated rings. The lowest BCUT2D eigenvalue weighted by Gasteiger charge is -2.26. The third kappa shape index (κ3) is 3.87. The van der Waals surface area contributed by atoms with Crippen molar-refractivity contribution < 1.29 is 0 Å². The average Bonchev–Trinajstić information content (AvgIpc) is 3.29. The fraction of sp³-hybridized carbons (Fsp3) is 0.750. The highest BCUT2D eigenvalue weighted by Gasteiger charge is 2.23. The molecule has 1 heterocycles. The maximum atomic E-state index is 12.3. The molecule has 0 aliphatic heterocycles. The number of nitrogens with one attached hydrogen (secondary N) is 1. The Morgan fingerprint density at radius 2 is 1.90 bits per heavy atom. The molecule has 1 aromatic heterocycles. The third-order valence-electron chi connectivity index (χ3n) is 4.83. The van der Waals surface area contributed by atoms with Gasteiger partial charge in [-0.05, 0) is 59.4 Å². The summed E-state index contributed by atoms with van der Waals surface area (Å²) in [5.74, 6) is 2.26. The quantitative estimate of drug-likeness (QED) is 0.878. The molecule has 1 N–H and O–H groups in total. The van der Waals surface area contributed by atoms with Crippen molar-refractivity contribution in [2.24, 2.45) is 17.8 Å². The van der Waals surface area contributed by atoms with E-state index in [-0.39, 0.29) is 5.56 Å². The number of hydrogen-bond donors (Lipinski definition) is 1. The first-order valence-corrected chi connectivity index (χ1v) is 8.92. The van der Waals surface area contributed by atoms with Gasteiger partial charge in [-0.2, -0.15) is 5.10 Å². The molecule has 5 heteroatoms. The second-order valence-corrected chi connectivity index (χ2v) is 7.60. The van der Waals surface area contributed by atoms with Gasteiger partial charge in [-0.25, -0.2) is 4.68 Å². The number of halogens is 1. The van der Waals surface area contributed by atoms with Crippen molar-refractivity contribution in [3.8, 4) is 0 Å². The predicted molar refractivity (Wildman–Crippen MR) is 88.5 cm³/mol. The molecular formula is C16H24BrN3O. The molecule has 1 aromatic rings. The zero-order chi connectivity index (χ0) is 14.8. The molecule has 3 rings (SSSR count). The maximum absolute atomic E-state index is 12.3. The first-order valence-electron chi connectivity index (χ1n) is 8.13. The fourth-order valence-electron chi connectivity index (χ4n) is 3.05. The number of hydrogen-bond acceptors (Lipinski definition) is 3. The Morgan fingerprint density at radius 1 is 1.24 bits per heavy atom. The Balaban J connectivity index is 1.60. The smallest absolute Gasteiger partial charge is 0.283 e.